The average Bonchev–Trinajstić information content (AvgIpc) is 2.41. The molecule has 0 aliphatic rings. The molecule has 0 fully saturated rings. The maximum absolute atomic E-state index is 5.52. The monoisotopic (exact) mass is 241 g/mol. The molecule has 0 spiro atoms. The molecule has 0 saturated heterocycles. The zero-order valence-corrected chi connectivity index (χ0v) is 11.3. The first-order valence-electron chi connectivity index (χ1n) is 7.00. The Morgan fingerprint density at radius 3 is 2.50 bits per heavy atom. The highest BCUT2D eigenvalue weighted by molar-refractivity contribution is 5.86. The third kappa shape index (κ3) is 3.11. The van der Waals surface area contributed by atoms with E-state index in [0.717, 1.165) is 13.0 Å². The first-order valence-corrected chi connectivity index (χ1v) is 7.00. The van der Waals surface area contributed by atoms with Gasteiger partial charge in [-0.2, -0.15) is 0 Å². The maximum atomic E-state index is 5.52. The third-order valence-corrected chi connectivity index (χ3v) is 3.66. The van der Waals surface area contributed by atoms with Gasteiger partial charge in [0.2, 0.25) is 0 Å². The molecule has 0 atom stereocenters. The van der Waals surface area contributed by atoms with Crippen molar-refractivity contribution in [2.45, 2.75) is 39.0 Å². The molecular formula is C17H23N. The van der Waals surface area contributed by atoms with Crippen LogP contribution in [0.4, 0.5) is 0 Å². The fraction of sp³-hybridized carbons (Fsp3) is 0.412. The summed E-state index contributed by atoms with van der Waals surface area (Å²) in [5, 5.41) is 2.79. The fourth-order valence-corrected chi connectivity index (χ4v) is 2.58. The first kappa shape index (κ1) is 13.1. The minimum absolute atomic E-state index is 0.827. The summed E-state index contributed by atoms with van der Waals surface area (Å²) < 4.78 is 0. The Bertz CT molecular complexity index is 502. The van der Waals surface area contributed by atoms with Crippen molar-refractivity contribution in [2.24, 2.45) is 5.73 Å². The van der Waals surface area contributed by atoms with Gasteiger partial charge in [-0.05, 0) is 54.6 Å². The molecule has 96 valence electrons. The van der Waals surface area contributed by atoms with Crippen LogP contribution in [0.2, 0.25) is 0 Å². The number of unbranched alkanes of at least 4 members (excludes halogenated alkanes) is 3. The molecule has 0 amide bonds. The number of benzene rings is 2. The van der Waals surface area contributed by atoms with Crippen LogP contribution in [-0.2, 0) is 6.42 Å². The minimum atomic E-state index is 0.827. The van der Waals surface area contributed by atoms with E-state index in [1.165, 1.54) is 47.6 Å². The molecule has 0 aliphatic heterocycles. The Labute approximate surface area is 110 Å². The van der Waals surface area contributed by atoms with E-state index >= 15 is 0 Å². The average molecular weight is 241 g/mol. The summed E-state index contributed by atoms with van der Waals surface area (Å²) in [6.07, 6.45) is 6.18. The maximum Gasteiger partial charge on any atom is -0.00773 e. The van der Waals surface area contributed by atoms with E-state index in [-0.39, 0.29) is 0 Å². The summed E-state index contributed by atoms with van der Waals surface area (Å²) in [5.41, 5.74) is 8.47. The molecule has 1 nitrogen and oxygen atoms in total. The lowest BCUT2D eigenvalue weighted by Crippen LogP contribution is -1.98. The van der Waals surface area contributed by atoms with Crippen LogP contribution in [0.3, 0.4) is 0 Å². The van der Waals surface area contributed by atoms with E-state index < -0.39 is 0 Å². The van der Waals surface area contributed by atoms with Crippen molar-refractivity contribution >= 4 is 10.8 Å². The predicted molar refractivity (Wildman–Crippen MR) is 79.9 cm³/mol. The lowest BCUT2D eigenvalue weighted by molar-refractivity contribution is 0.647. The van der Waals surface area contributed by atoms with Gasteiger partial charge in [-0.1, -0.05) is 49.2 Å². The Hall–Kier alpha value is -1.34. The van der Waals surface area contributed by atoms with Gasteiger partial charge in [0, 0.05) is 0 Å². The van der Waals surface area contributed by atoms with E-state index in [4.69, 9.17) is 5.73 Å². The van der Waals surface area contributed by atoms with E-state index in [1.54, 1.807) is 0 Å². The molecule has 1 heteroatoms. The molecule has 0 bridgehead atoms. The molecule has 0 radical (unpaired) electrons. The summed E-state index contributed by atoms with van der Waals surface area (Å²) >= 11 is 0. The highest BCUT2D eigenvalue weighted by atomic mass is 14.5. The molecule has 0 unspecified atom stereocenters. The van der Waals surface area contributed by atoms with Gasteiger partial charge in [0.15, 0.2) is 0 Å². The summed E-state index contributed by atoms with van der Waals surface area (Å²) in [5.74, 6) is 0. The Morgan fingerprint density at radius 2 is 1.67 bits per heavy atom. The number of nitrogens with two attached hydrogens (primary N) is 1. The van der Waals surface area contributed by atoms with Gasteiger partial charge in [-0.15, -0.1) is 0 Å². The Balaban J connectivity index is 2.09. The van der Waals surface area contributed by atoms with Crippen molar-refractivity contribution in [3.63, 3.8) is 0 Å². The van der Waals surface area contributed by atoms with Gasteiger partial charge in [-0.3, -0.25) is 0 Å². The van der Waals surface area contributed by atoms with Crippen LogP contribution in [0.25, 0.3) is 10.8 Å². The number of fused-ring (bicyclic) bond motifs is 1. The van der Waals surface area contributed by atoms with Crippen molar-refractivity contribution in [2.75, 3.05) is 6.54 Å². The molecule has 2 aromatic rings. The van der Waals surface area contributed by atoms with Crippen molar-refractivity contribution in [3.8, 4) is 0 Å². The second-order valence-corrected chi connectivity index (χ2v) is 5.04. The normalized spacial score (nSPS) is 11.0. The van der Waals surface area contributed by atoms with E-state index in [0.29, 0.717) is 0 Å². The van der Waals surface area contributed by atoms with Crippen LogP contribution in [0.1, 0.15) is 36.8 Å². The van der Waals surface area contributed by atoms with Crippen molar-refractivity contribution in [1.29, 1.82) is 0 Å². The van der Waals surface area contributed by atoms with Crippen LogP contribution in [0.15, 0.2) is 36.4 Å². The summed E-state index contributed by atoms with van der Waals surface area (Å²) in [6.45, 7) is 3.05. The van der Waals surface area contributed by atoms with Crippen molar-refractivity contribution in [1.82, 2.24) is 0 Å². The molecule has 2 N–H and O–H groups in total. The summed E-state index contributed by atoms with van der Waals surface area (Å²) in [7, 11) is 0. The van der Waals surface area contributed by atoms with Crippen LogP contribution < -0.4 is 5.73 Å². The van der Waals surface area contributed by atoms with Crippen molar-refractivity contribution < 1.29 is 0 Å². The first-order chi connectivity index (χ1) is 8.83. The van der Waals surface area contributed by atoms with Gasteiger partial charge < -0.3 is 5.73 Å². The molecule has 0 aliphatic carbocycles. The second-order valence-electron chi connectivity index (χ2n) is 5.04. The Morgan fingerprint density at radius 1 is 0.889 bits per heavy atom. The van der Waals surface area contributed by atoms with E-state index in [9.17, 15) is 0 Å². The third-order valence-electron chi connectivity index (χ3n) is 3.66. The largest absolute Gasteiger partial charge is 0.330 e. The van der Waals surface area contributed by atoms with Gasteiger partial charge in [0.05, 0.1) is 0 Å². The lowest BCUT2D eigenvalue weighted by Gasteiger charge is -2.10. The highest BCUT2D eigenvalue weighted by Crippen LogP contribution is 2.24. The van der Waals surface area contributed by atoms with Crippen LogP contribution in [-0.4, -0.2) is 6.54 Å². The number of hydrogen-bond donors (Lipinski definition) is 1. The summed E-state index contributed by atoms with van der Waals surface area (Å²) in [6, 6.07) is 13.2. The Kier molecular flexibility index (Phi) is 4.77. The fourth-order valence-electron chi connectivity index (χ4n) is 2.58. The molecule has 0 saturated carbocycles. The smallest absolute Gasteiger partial charge is 0.00773 e. The molecule has 2 aromatic carbocycles. The van der Waals surface area contributed by atoms with Gasteiger partial charge >= 0.3 is 0 Å². The highest BCUT2D eigenvalue weighted by Gasteiger charge is 2.04. The summed E-state index contributed by atoms with van der Waals surface area (Å²) in [4.78, 5) is 0. The van der Waals surface area contributed by atoms with E-state index in [2.05, 4.69) is 43.3 Å². The molecule has 18 heavy (non-hydrogen) atoms. The van der Waals surface area contributed by atoms with Crippen LogP contribution in [0.5, 0.6) is 0 Å². The molecule has 2 rings (SSSR count). The van der Waals surface area contributed by atoms with Crippen LogP contribution in [0, 0.1) is 6.92 Å². The molecule has 0 heterocycles. The number of hydrogen-bond acceptors (Lipinski definition) is 1. The van der Waals surface area contributed by atoms with Crippen LogP contribution >= 0.6 is 0 Å². The topological polar surface area (TPSA) is 26.0 Å². The quantitative estimate of drug-likeness (QED) is 0.753. The zero-order chi connectivity index (χ0) is 12.8. The minimum Gasteiger partial charge on any atom is -0.330 e. The van der Waals surface area contributed by atoms with Gasteiger partial charge in [-0.25, -0.2) is 0 Å². The van der Waals surface area contributed by atoms with Crippen molar-refractivity contribution in [3.05, 3.63) is 47.5 Å². The number of rotatable bonds is 6. The SMILES string of the molecule is Cc1ccc2ccccc2c1CCCCCCN. The molecular weight excluding hydrogens is 218 g/mol. The predicted octanol–water partition coefficient (Wildman–Crippen LogP) is 4.21. The van der Waals surface area contributed by atoms with Gasteiger partial charge in [0.1, 0.15) is 0 Å². The van der Waals surface area contributed by atoms with E-state index in [1.807, 2.05) is 0 Å². The zero-order valence-electron chi connectivity index (χ0n) is 11.3. The number of aryl methyl sites for hydroxylation is 2. The van der Waals surface area contributed by atoms with Gasteiger partial charge in [0.25, 0.3) is 0 Å². The standard InChI is InChI=1S/C17H23N/c1-14-11-12-15-8-5-6-10-17(15)16(14)9-4-2-3-7-13-18/h5-6,8,10-12H,2-4,7,9,13,18H2,1H3. The second kappa shape index (κ2) is 6.55. The molecule has 0 aromatic heterocycles. The lowest BCUT2D eigenvalue weighted by atomic mass is 9.95.